The lowest BCUT2D eigenvalue weighted by Gasteiger charge is -2.15. The van der Waals surface area contributed by atoms with Gasteiger partial charge < -0.3 is 10.1 Å². The largest absolute Gasteiger partial charge is 0.372 e. The fourth-order valence-electron chi connectivity index (χ4n) is 2.49. The molecule has 1 aromatic heterocycles. The molecule has 0 bridgehead atoms. The van der Waals surface area contributed by atoms with Crippen molar-refractivity contribution in [2.75, 3.05) is 12.4 Å². The number of hydrogen-bond donors (Lipinski definition) is 1. The van der Waals surface area contributed by atoms with Gasteiger partial charge in [-0.15, -0.1) is 0 Å². The summed E-state index contributed by atoms with van der Waals surface area (Å²) in [7, 11) is 1.55. The first-order valence-corrected chi connectivity index (χ1v) is 8.28. The molecule has 24 heavy (non-hydrogen) atoms. The van der Waals surface area contributed by atoms with Crippen molar-refractivity contribution in [3.63, 3.8) is 0 Å². The number of aromatic nitrogens is 2. The third-order valence-electron chi connectivity index (χ3n) is 4.02. The molecule has 0 saturated carbocycles. The average molecular weight is 329 g/mol. The molecule has 0 aliphatic rings. The van der Waals surface area contributed by atoms with Crippen LogP contribution in [-0.4, -0.2) is 28.9 Å². The van der Waals surface area contributed by atoms with E-state index in [-0.39, 0.29) is 11.3 Å². The fourth-order valence-corrected chi connectivity index (χ4v) is 2.49. The third-order valence-corrected chi connectivity index (χ3v) is 4.02. The molecule has 0 fully saturated rings. The standard InChI is InChI=1S/C19H27N3O2/c1-7-15(24-6)18(23)20-17-12-16(19(3,4)5)21-22(17)14-11-9-8-10-13(14)2/h8-12,15H,7H2,1-6H3,(H,20,23)/t15-/m1/s1. The van der Waals surface area contributed by atoms with E-state index in [9.17, 15) is 4.79 Å². The first-order valence-electron chi connectivity index (χ1n) is 8.28. The summed E-state index contributed by atoms with van der Waals surface area (Å²) in [5.74, 6) is 0.505. The van der Waals surface area contributed by atoms with Crippen LogP contribution in [0.4, 0.5) is 5.82 Å². The Morgan fingerprint density at radius 3 is 2.54 bits per heavy atom. The molecule has 0 aliphatic heterocycles. The Hall–Kier alpha value is -2.14. The van der Waals surface area contributed by atoms with Crippen LogP contribution >= 0.6 is 0 Å². The van der Waals surface area contributed by atoms with Gasteiger partial charge in [0.2, 0.25) is 0 Å². The second kappa shape index (κ2) is 7.18. The van der Waals surface area contributed by atoms with Gasteiger partial charge in [0.05, 0.1) is 11.4 Å². The lowest BCUT2D eigenvalue weighted by molar-refractivity contribution is -0.125. The highest BCUT2D eigenvalue weighted by Gasteiger charge is 2.23. The van der Waals surface area contributed by atoms with Gasteiger partial charge in [0.25, 0.3) is 5.91 Å². The number of benzene rings is 1. The number of nitrogens with one attached hydrogen (secondary N) is 1. The van der Waals surface area contributed by atoms with Crippen molar-refractivity contribution in [2.24, 2.45) is 0 Å². The van der Waals surface area contributed by atoms with Gasteiger partial charge in [-0.1, -0.05) is 45.9 Å². The number of carbonyl (C=O) groups is 1. The lowest BCUT2D eigenvalue weighted by atomic mass is 9.92. The van der Waals surface area contributed by atoms with Crippen molar-refractivity contribution in [2.45, 2.75) is 52.6 Å². The number of nitrogens with zero attached hydrogens (tertiary/aromatic N) is 2. The predicted molar refractivity (Wildman–Crippen MR) is 96.7 cm³/mol. The number of amides is 1. The number of anilines is 1. The zero-order valence-corrected chi connectivity index (χ0v) is 15.4. The van der Waals surface area contributed by atoms with Crippen molar-refractivity contribution in [1.82, 2.24) is 9.78 Å². The van der Waals surface area contributed by atoms with Crippen molar-refractivity contribution in [3.05, 3.63) is 41.6 Å². The smallest absolute Gasteiger partial charge is 0.254 e. The number of methoxy groups -OCH3 is 1. The second-order valence-corrected chi connectivity index (χ2v) is 6.98. The maximum atomic E-state index is 12.4. The zero-order chi connectivity index (χ0) is 17.9. The quantitative estimate of drug-likeness (QED) is 0.906. The highest BCUT2D eigenvalue weighted by molar-refractivity contribution is 5.93. The molecule has 1 N–H and O–H groups in total. The van der Waals surface area contributed by atoms with Crippen molar-refractivity contribution in [3.8, 4) is 5.69 Å². The molecule has 5 nitrogen and oxygen atoms in total. The summed E-state index contributed by atoms with van der Waals surface area (Å²) in [5, 5.41) is 7.70. The highest BCUT2D eigenvalue weighted by atomic mass is 16.5. The molecule has 0 spiro atoms. The predicted octanol–water partition coefficient (Wildman–Crippen LogP) is 3.84. The van der Waals surface area contributed by atoms with Crippen LogP contribution in [0.25, 0.3) is 5.69 Å². The van der Waals surface area contributed by atoms with Crippen molar-refractivity contribution < 1.29 is 9.53 Å². The van der Waals surface area contributed by atoms with Gasteiger partial charge >= 0.3 is 0 Å². The van der Waals surface area contributed by atoms with E-state index < -0.39 is 6.10 Å². The Kier molecular flexibility index (Phi) is 5.44. The normalized spacial score (nSPS) is 12.9. The van der Waals surface area contributed by atoms with Gasteiger partial charge in [0, 0.05) is 18.6 Å². The average Bonchev–Trinajstić information content (AvgIpc) is 2.93. The van der Waals surface area contributed by atoms with Gasteiger partial charge in [-0.2, -0.15) is 5.10 Å². The van der Waals surface area contributed by atoms with Gasteiger partial charge in [0.15, 0.2) is 0 Å². The number of carbonyl (C=O) groups excluding carboxylic acids is 1. The molecule has 2 rings (SSSR count). The van der Waals surface area contributed by atoms with E-state index >= 15 is 0 Å². The van der Waals surface area contributed by atoms with Gasteiger partial charge in [-0.3, -0.25) is 4.79 Å². The minimum Gasteiger partial charge on any atom is -0.372 e. The summed E-state index contributed by atoms with van der Waals surface area (Å²) in [6.45, 7) is 10.3. The summed E-state index contributed by atoms with van der Waals surface area (Å²) >= 11 is 0. The molecular weight excluding hydrogens is 302 g/mol. The van der Waals surface area contributed by atoms with E-state index in [2.05, 4.69) is 26.1 Å². The maximum Gasteiger partial charge on any atom is 0.254 e. The van der Waals surface area contributed by atoms with Crippen LogP contribution in [0.5, 0.6) is 0 Å². The Balaban J connectivity index is 2.48. The van der Waals surface area contributed by atoms with Crippen LogP contribution < -0.4 is 5.32 Å². The maximum absolute atomic E-state index is 12.4. The van der Waals surface area contributed by atoms with Crippen molar-refractivity contribution in [1.29, 1.82) is 0 Å². The second-order valence-electron chi connectivity index (χ2n) is 6.98. The Morgan fingerprint density at radius 2 is 2.00 bits per heavy atom. The molecule has 130 valence electrons. The third kappa shape index (κ3) is 3.85. The van der Waals surface area contributed by atoms with Crippen molar-refractivity contribution >= 4 is 11.7 Å². The first kappa shape index (κ1) is 18.2. The Labute approximate surface area is 144 Å². The van der Waals surface area contributed by atoms with Crippen LogP contribution in [0.15, 0.2) is 30.3 Å². The fraction of sp³-hybridized carbons (Fsp3) is 0.474. The minimum absolute atomic E-state index is 0.112. The molecule has 2 aromatic rings. The van der Waals surface area contributed by atoms with Crippen LogP contribution in [0.2, 0.25) is 0 Å². The number of rotatable bonds is 5. The number of hydrogen-bond acceptors (Lipinski definition) is 3. The highest BCUT2D eigenvalue weighted by Crippen LogP contribution is 2.27. The van der Waals surface area contributed by atoms with E-state index in [0.717, 1.165) is 16.9 Å². The van der Waals surface area contributed by atoms with Crippen LogP contribution in [0, 0.1) is 6.92 Å². The SMILES string of the molecule is CC[C@@H](OC)C(=O)Nc1cc(C(C)(C)C)nn1-c1ccccc1C. The summed E-state index contributed by atoms with van der Waals surface area (Å²) in [6.07, 6.45) is 0.149. The van der Waals surface area contributed by atoms with E-state index in [1.165, 1.54) is 0 Å². The number of aryl methyl sites for hydroxylation is 1. The van der Waals surface area contributed by atoms with E-state index in [1.54, 1.807) is 11.8 Å². The zero-order valence-electron chi connectivity index (χ0n) is 15.4. The van der Waals surface area contributed by atoms with Gasteiger partial charge in [-0.05, 0) is 25.0 Å². The lowest BCUT2D eigenvalue weighted by Crippen LogP contribution is -2.29. The minimum atomic E-state index is -0.469. The molecule has 0 radical (unpaired) electrons. The Morgan fingerprint density at radius 1 is 1.33 bits per heavy atom. The topological polar surface area (TPSA) is 56.1 Å². The Bertz CT molecular complexity index is 710. The number of ether oxygens (including phenoxy) is 1. The van der Waals surface area contributed by atoms with Gasteiger partial charge in [-0.25, -0.2) is 4.68 Å². The molecule has 0 aliphatic carbocycles. The summed E-state index contributed by atoms with van der Waals surface area (Å²) in [5.41, 5.74) is 2.86. The number of para-hydroxylation sites is 1. The molecule has 1 heterocycles. The summed E-state index contributed by atoms with van der Waals surface area (Å²) < 4.78 is 7.04. The van der Waals surface area contributed by atoms with Crippen LogP contribution in [0.1, 0.15) is 45.4 Å². The van der Waals surface area contributed by atoms with E-state index in [1.807, 2.05) is 44.2 Å². The van der Waals surface area contributed by atoms with Gasteiger partial charge in [0.1, 0.15) is 11.9 Å². The van der Waals surface area contributed by atoms with E-state index in [0.29, 0.717) is 12.2 Å². The summed E-state index contributed by atoms with van der Waals surface area (Å²) in [4.78, 5) is 12.4. The van der Waals surface area contributed by atoms with Crippen LogP contribution in [0.3, 0.4) is 0 Å². The summed E-state index contributed by atoms with van der Waals surface area (Å²) in [6, 6.07) is 9.92. The molecule has 0 saturated heterocycles. The molecule has 0 unspecified atom stereocenters. The monoisotopic (exact) mass is 329 g/mol. The molecule has 1 amide bonds. The molecule has 1 aromatic carbocycles. The van der Waals surface area contributed by atoms with Crippen LogP contribution in [-0.2, 0) is 14.9 Å². The molecular formula is C19H27N3O2. The van der Waals surface area contributed by atoms with E-state index in [4.69, 9.17) is 9.84 Å². The molecule has 1 atom stereocenters. The molecule has 5 heteroatoms. The first-order chi connectivity index (χ1) is 11.3.